The number of carbonyl (C=O) groups excluding carboxylic acids is 8. The highest BCUT2D eigenvalue weighted by Crippen LogP contribution is 2.42. The Morgan fingerprint density at radius 3 is 1.18 bits per heavy atom. The molecule has 1 aromatic rings. The lowest BCUT2D eigenvalue weighted by Gasteiger charge is -2.42. The number of carbonyl (C=O) groups is 8. The summed E-state index contributed by atoms with van der Waals surface area (Å²) in [7, 11) is -2.98. The SMILES string of the molecule is COP(=O)(O)OCCCCCCNC(=O)N1CCc2cc(C(=O)NC(COCCC(=O)NCCCCCCOC3OC(CO)C(O)C(O)C3NC(C)=O)(COCCC(=O)NCCCCCCOC3OC(CO)C(O)C(O)C3NC(C)=O)COCCC(=O)NCCCCCCOC3OC(CO)C(O)C(O)C3NC(C)=O)ccc21. The van der Waals surface area contributed by atoms with Gasteiger partial charge in [-0.2, -0.15) is 0 Å². The summed E-state index contributed by atoms with van der Waals surface area (Å²) in [6, 6.07) is 1.36. The van der Waals surface area contributed by atoms with Crippen LogP contribution < -0.4 is 47.4 Å². The van der Waals surface area contributed by atoms with E-state index in [1.165, 1.54) is 20.8 Å². The van der Waals surface area contributed by atoms with Crippen LogP contribution in [0.25, 0.3) is 0 Å². The van der Waals surface area contributed by atoms with Crippen molar-refractivity contribution in [2.24, 2.45) is 0 Å². The second-order valence-corrected chi connectivity index (χ2v) is 29.8. The maximum absolute atomic E-state index is 14.7. The Bertz CT molecular complexity index is 2820. The number of ether oxygens (including phenoxy) is 9. The number of phosphoric ester groups is 1. The van der Waals surface area contributed by atoms with Crippen LogP contribution in [-0.2, 0) is 91.4 Å². The molecular weight excluding hydrogens is 1500 g/mol. The minimum absolute atomic E-state index is 0.0407. The molecule has 16 unspecified atom stereocenters. The Morgan fingerprint density at radius 2 is 0.830 bits per heavy atom. The van der Waals surface area contributed by atoms with Gasteiger partial charge in [-0.3, -0.25) is 47.5 Å². The van der Waals surface area contributed by atoms with E-state index in [4.69, 9.17) is 47.2 Å². The van der Waals surface area contributed by atoms with E-state index in [1.807, 2.05) is 0 Å². The quantitative estimate of drug-likeness (QED) is 0.0240. The fourth-order valence-corrected chi connectivity index (χ4v) is 13.3. The minimum Gasteiger partial charge on any atom is -0.394 e. The largest absolute Gasteiger partial charge is 0.471 e. The first-order valence-corrected chi connectivity index (χ1v) is 40.3. The standard InChI is InChI=1S/C72H124N9O30P/c1-46(85)77-58-64(94)61(91)52(40-82)109-68(58)105-32-17-9-5-13-27-73-55(88)24-36-102-43-72(44-103-37-25-56(89)74-28-14-6-10-18-33-106-69-59(78-47(2)86)65(95)62(92)53(41-83)110-69,45-104-38-26-57(90)75-29-15-7-11-19-34-107-70-60(79-48(3)87)66(96)63(93)54(42-84)111-70)80-67(97)50-21-22-51-49(39-50)23-31-81(51)71(98)76-30-16-8-12-20-35-108-112(99,100)101-4/h21-22,39,52-54,58-66,68-70,82-84,91-96H,5-20,23-38,40-45H2,1-4H3,(H,73,88)(H,74,89)(H,75,90)(H,76,98)(H,77,85)(H,78,86)(H,79,87)(H,80,97)(H,99,100). The zero-order valence-corrected chi connectivity index (χ0v) is 65.7. The van der Waals surface area contributed by atoms with Crippen LogP contribution in [0, 0.1) is 0 Å². The molecule has 1 aromatic carbocycles. The number of benzene rings is 1. The van der Waals surface area contributed by atoms with E-state index in [1.54, 1.807) is 23.1 Å². The summed E-state index contributed by atoms with van der Waals surface area (Å²) in [5.74, 6) is -3.02. The summed E-state index contributed by atoms with van der Waals surface area (Å²) in [4.78, 5) is 114. The van der Waals surface area contributed by atoms with Crippen LogP contribution in [0.15, 0.2) is 18.2 Å². The first-order valence-electron chi connectivity index (χ1n) is 38.8. The van der Waals surface area contributed by atoms with Gasteiger partial charge in [-0.25, -0.2) is 9.36 Å². The maximum Gasteiger partial charge on any atom is 0.471 e. The Kier molecular flexibility index (Phi) is 45.5. The Morgan fingerprint density at radius 1 is 0.482 bits per heavy atom. The third-order valence-electron chi connectivity index (χ3n) is 19.0. The number of unbranched alkanes of at least 4 members (excludes halogenated alkanes) is 12. The fraction of sp³-hybridized carbons (Fsp3) is 0.806. The smallest absolute Gasteiger partial charge is 0.394 e. The molecule has 0 bridgehead atoms. The van der Waals surface area contributed by atoms with E-state index in [9.17, 15) is 93.8 Å². The van der Waals surface area contributed by atoms with Crippen LogP contribution in [-0.4, -0.2) is 321 Å². The van der Waals surface area contributed by atoms with Gasteiger partial charge in [0.2, 0.25) is 35.4 Å². The normalized spacial score (nSPS) is 25.4. The predicted octanol–water partition coefficient (Wildman–Crippen LogP) is -2.32. The lowest BCUT2D eigenvalue weighted by atomic mass is 9.97. The molecule has 39 nitrogen and oxygen atoms in total. The zero-order valence-electron chi connectivity index (χ0n) is 64.8. The van der Waals surface area contributed by atoms with Crippen molar-refractivity contribution in [3.63, 3.8) is 0 Å². The predicted molar refractivity (Wildman–Crippen MR) is 397 cm³/mol. The topological polar surface area (TPSA) is 557 Å². The van der Waals surface area contributed by atoms with Crippen molar-refractivity contribution in [2.45, 2.75) is 247 Å². The molecule has 40 heteroatoms. The van der Waals surface area contributed by atoms with Gasteiger partial charge in [-0.05, 0) is 81.5 Å². The molecule has 642 valence electrons. The number of rotatable bonds is 56. The zero-order chi connectivity index (χ0) is 82.0. The first kappa shape index (κ1) is 96.8. The molecule has 18 N–H and O–H groups in total. The van der Waals surface area contributed by atoms with Gasteiger partial charge >= 0.3 is 13.9 Å². The minimum atomic E-state index is -4.06. The molecule has 0 saturated carbocycles. The van der Waals surface area contributed by atoms with Crippen molar-refractivity contribution >= 4 is 60.9 Å². The molecule has 0 aliphatic carbocycles. The van der Waals surface area contributed by atoms with Gasteiger partial charge in [0.1, 0.15) is 78.6 Å². The van der Waals surface area contributed by atoms with Gasteiger partial charge < -0.3 is 136 Å². The van der Waals surface area contributed by atoms with Crippen molar-refractivity contribution in [3.8, 4) is 0 Å². The van der Waals surface area contributed by atoms with Crippen LogP contribution in [0.1, 0.15) is 159 Å². The van der Waals surface area contributed by atoms with Gasteiger partial charge in [0.25, 0.3) is 5.91 Å². The lowest BCUT2D eigenvalue weighted by Crippen LogP contribution is -2.64. The van der Waals surface area contributed by atoms with Crippen molar-refractivity contribution in [1.29, 1.82) is 0 Å². The Labute approximate surface area is 653 Å². The molecule has 9 amide bonds. The number of hydrogen-bond donors (Lipinski definition) is 18. The molecular formula is C72H124N9O30P. The van der Waals surface area contributed by atoms with Gasteiger partial charge in [-0.15, -0.1) is 0 Å². The van der Waals surface area contributed by atoms with E-state index in [0.29, 0.717) is 153 Å². The van der Waals surface area contributed by atoms with Crippen LogP contribution in [0.3, 0.4) is 0 Å². The number of urea groups is 1. The monoisotopic (exact) mass is 1630 g/mol. The highest BCUT2D eigenvalue weighted by atomic mass is 31.2. The number of hydrogen-bond acceptors (Lipinski definition) is 29. The van der Waals surface area contributed by atoms with Crippen LogP contribution in [0.5, 0.6) is 0 Å². The maximum atomic E-state index is 14.7. The number of nitrogens with zero attached hydrogens (tertiary/aromatic N) is 1. The number of nitrogens with one attached hydrogen (secondary N) is 8. The van der Waals surface area contributed by atoms with Gasteiger partial charge in [0, 0.05) is 111 Å². The Balaban J connectivity index is 1.19. The molecule has 112 heavy (non-hydrogen) atoms. The van der Waals surface area contributed by atoms with E-state index in [0.717, 1.165) is 7.11 Å². The molecule has 4 aliphatic rings. The van der Waals surface area contributed by atoms with E-state index < -0.39 is 149 Å². The molecule has 16 atom stereocenters. The molecule has 0 aromatic heterocycles. The number of fused-ring (bicyclic) bond motifs is 1. The van der Waals surface area contributed by atoms with Crippen LogP contribution >= 0.6 is 7.82 Å². The molecule has 5 rings (SSSR count). The van der Waals surface area contributed by atoms with E-state index in [-0.39, 0.29) is 115 Å². The van der Waals surface area contributed by atoms with Crippen LogP contribution in [0.4, 0.5) is 10.5 Å². The molecule has 4 heterocycles. The first-order chi connectivity index (χ1) is 53.7. The van der Waals surface area contributed by atoms with E-state index >= 15 is 0 Å². The highest BCUT2D eigenvalue weighted by Gasteiger charge is 2.48. The molecule has 0 spiro atoms. The number of aliphatic hydroxyl groups excluding tert-OH is 9. The average Bonchev–Trinajstić information content (AvgIpc) is 1.53. The second kappa shape index (κ2) is 52.7. The molecule has 0 radical (unpaired) electrons. The third kappa shape index (κ3) is 34.5. The third-order valence-corrected chi connectivity index (χ3v) is 20.0. The van der Waals surface area contributed by atoms with Gasteiger partial charge in [-0.1, -0.05) is 51.4 Å². The van der Waals surface area contributed by atoms with Crippen molar-refractivity contribution in [1.82, 2.24) is 42.5 Å². The van der Waals surface area contributed by atoms with Gasteiger partial charge in [0.15, 0.2) is 18.9 Å². The lowest BCUT2D eigenvalue weighted by molar-refractivity contribution is -0.270. The Hall–Kier alpha value is -5.83. The molecule has 3 saturated heterocycles. The second-order valence-electron chi connectivity index (χ2n) is 28.2. The van der Waals surface area contributed by atoms with E-state index in [2.05, 4.69) is 47.1 Å². The van der Waals surface area contributed by atoms with Crippen molar-refractivity contribution < 1.29 is 145 Å². The average molecular weight is 1630 g/mol. The van der Waals surface area contributed by atoms with Crippen molar-refractivity contribution in [2.75, 3.05) is 131 Å². The number of phosphoric acid groups is 1. The van der Waals surface area contributed by atoms with Crippen LogP contribution in [0.2, 0.25) is 0 Å². The molecule has 3 fully saturated rings. The summed E-state index contributed by atoms with van der Waals surface area (Å²) in [6.07, 6.45) is -5.21. The molecule has 4 aliphatic heterocycles. The van der Waals surface area contributed by atoms with Crippen molar-refractivity contribution in [3.05, 3.63) is 29.3 Å². The summed E-state index contributed by atoms with van der Waals surface area (Å²) in [5, 5.41) is 114. The fourth-order valence-electron chi connectivity index (χ4n) is 12.8. The highest BCUT2D eigenvalue weighted by molar-refractivity contribution is 7.47. The summed E-state index contributed by atoms with van der Waals surface area (Å²) in [6.45, 7) is 2.94. The number of anilines is 1. The summed E-state index contributed by atoms with van der Waals surface area (Å²) < 4.78 is 73.7. The van der Waals surface area contributed by atoms with Gasteiger partial charge in [0.05, 0.1) is 66.1 Å². The number of amides is 9. The summed E-state index contributed by atoms with van der Waals surface area (Å²) in [5.41, 5.74) is -0.00212. The summed E-state index contributed by atoms with van der Waals surface area (Å²) >= 11 is 0. The number of aliphatic hydroxyl groups is 9.